The fourth-order valence-corrected chi connectivity index (χ4v) is 5.31. The maximum absolute atomic E-state index is 13.8. The first kappa shape index (κ1) is 26.5. The van der Waals surface area contributed by atoms with Crippen LogP contribution in [0.5, 0.6) is 23.0 Å². The van der Waals surface area contributed by atoms with Crippen molar-refractivity contribution in [2.75, 3.05) is 35.0 Å². The molecule has 9 nitrogen and oxygen atoms in total. The van der Waals surface area contributed by atoms with Gasteiger partial charge in [0.05, 0.1) is 45.8 Å². The van der Waals surface area contributed by atoms with Gasteiger partial charge in [0.25, 0.3) is 5.69 Å². The van der Waals surface area contributed by atoms with Crippen molar-refractivity contribution < 1.29 is 28.7 Å². The molecule has 0 bridgehead atoms. The maximum Gasteiger partial charge on any atom is 0.269 e. The summed E-state index contributed by atoms with van der Waals surface area (Å²) < 4.78 is 22.7. The van der Waals surface area contributed by atoms with Crippen LogP contribution in [0.1, 0.15) is 28.3 Å². The van der Waals surface area contributed by atoms with Gasteiger partial charge in [0.15, 0.2) is 23.0 Å². The predicted octanol–water partition coefficient (Wildman–Crippen LogP) is 4.95. The van der Waals surface area contributed by atoms with E-state index in [1.807, 2.05) is 30.3 Å². The zero-order valence-electron chi connectivity index (χ0n) is 20.9. The molecule has 0 aliphatic carbocycles. The summed E-state index contributed by atoms with van der Waals surface area (Å²) in [5.41, 5.74) is 3.27. The molecule has 194 valence electrons. The lowest BCUT2D eigenvalue weighted by atomic mass is 9.87. The number of hydrogen-bond donors (Lipinski definition) is 0. The summed E-state index contributed by atoms with van der Waals surface area (Å²) >= 11 is 2.18. The van der Waals surface area contributed by atoms with Gasteiger partial charge in [-0.1, -0.05) is 12.1 Å². The first-order valence-electron chi connectivity index (χ1n) is 11.5. The van der Waals surface area contributed by atoms with Gasteiger partial charge in [-0.3, -0.25) is 14.9 Å². The molecule has 4 rings (SSSR count). The van der Waals surface area contributed by atoms with E-state index in [1.54, 1.807) is 39.4 Å². The average Bonchev–Trinajstić information content (AvgIpc) is 2.92. The van der Waals surface area contributed by atoms with Crippen LogP contribution in [-0.2, 0) is 17.6 Å². The molecule has 0 radical (unpaired) electrons. The van der Waals surface area contributed by atoms with Gasteiger partial charge < -0.3 is 23.8 Å². The lowest BCUT2D eigenvalue weighted by molar-refractivity contribution is -0.384. The summed E-state index contributed by atoms with van der Waals surface area (Å²) in [6, 6.07) is 13.3. The van der Waals surface area contributed by atoms with Gasteiger partial charge in [-0.05, 0) is 75.5 Å². The van der Waals surface area contributed by atoms with Gasteiger partial charge in [0.1, 0.15) is 0 Å². The molecule has 0 saturated heterocycles. The second-order valence-corrected chi connectivity index (χ2v) is 9.64. The Morgan fingerprint density at radius 3 is 2.24 bits per heavy atom. The van der Waals surface area contributed by atoms with E-state index >= 15 is 0 Å². The van der Waals surface area contributed by atoms with E-state index in [0.717, 1.165) is 20.3 Å². The zero-order valence-corrected chi connectivity index (χ0v) is 23.1. The number of benzene rings is 3. The minimum absolute atomic E-state index is 0.0352. The highest BCUT2D eigenvalue weighted by atomic mass is 127. The molecular weight excluding hydrogens is 591 g/mol. The number of methoxy groups -OCH3 is 4. The third-order valence-corrected chi connectivity index (χ3v) is 7.49. The van der Waals surface area contributed by atoms with Crippen molar-refractivity contribution in [3.8, 4) is 23.0 Å². The van der Waals surface area contributed by atoms with E-state index in [4.69, 9.17) is 18.9 Å². The van der Waals surface area contributed by atoms with E-state index in [9.17, 15) is 14.9 Å². The van der Waals surface area contributed by atoms with Crippen LogP contribution in [0.25, 0.3) is 0 Å². The van der Waals surface area contributed by atoms with Crippen molar-refractivity contribution in [1.82, 2.24) is 4.90 Å². The summed E-state index contributed by atoms with van der Waals surface area (Å²) in [4.78, 5) is 26.7. The lowest BCUT2D eigenvalue weighted by Gasteiger charge is -2.38. The summed E-state index contributed by atoms with van der Waals surface area (Å²) in [6.45, 7) is 0.443. The Labute approximate surface area is 228 Å². The summed E-state index contributed by atoms with van der Waals surface area (Å²) in [6.07, 6.45) is 0.739. The average molecular weight is 618 g/mol. The van der Waals surface area contributed by atoms with E-state index in [1.165, 1.54) is 12.1 Å². The van der Waals surface area contributed by atoms with Gasteiger partial charge in [-0.25, -0.2) is 0 Å². The largest absolute Gasteiger partial charge is 0.493 e. The van der Waals surface area contributed by atoms with Crippen molar-refractivity contribution in [3.05, 3.63) is 84.5 Å². The number of amides is 1. The molecular formula is C27H27IN2O7. The van der Waals surface area contributed by atoms with Crippen molar-refractivity contribution >= 4 is 34.2 Å². The third-order valence-electron chi connectivity index (χ3n) is 6.49. The molecule has 10 heteroatoms. The second-order valence-electron chi connectivity index (χ2n) is 8.47. The number of nitrogens with zero attached hydrogens (tertiary/aromatic N) is 2. The highest BCUT2D eigenvalue weighted by molar-refractivity contribution is 14.1. The molecule has 1 atom stereocenters. The fraction of sp³-hybridized carbons (Fsp3) is 0.296. The number of hydrogen-bond acceptors (Lipinski definition) is 7. The molecule has 0 unspecified atom stereocenters. The Kier molecular flexibility index (Phi) is 8.06. The molecule has 3 aromatic rings. The number of ether oxygens (including phenoxy) is 4. The monoisotopic (exact) mass is 618 g/mol. The molecule has 1 amide bonds. The first-order valence-corrected chi connectivity index (χ1v) is 12.6. The van der Waals surface area contributed by atoms with Gasteiger partial charge >= 0.3 is 0 Å². The minimum atomic E-state index is -0.534. The Bertz CT molecular complexity index is 1340. The highest BCUT2D eigenvalue weighted by Gasteiger charge is 2.34. The van der Waals surface area contributed by atoms with Crippen LogP contribution < -0.4 is 18.9 Å². The van der Waals surface area contributed by atoms with Crippen molar-refractivity contribution in [2.45, 2.75) is 18.9 Å². The molecule has 1 aliphatic rings. The number of carbonyl (C=O) groups is 1. The SMILES string of the molecule is COc1cc(I)c(CC(=O)N2CCc3cc(OC)c(OC)cc3[C@H]2c2cccc([N+](=O)[O-])c2)cc1OC. The molecule has 0 saturated carbocycles. The normalized spacial score (nSPS) is 14.5. The zero-order chi connectivity index (χ0) is 26.7. The third kappa shape index (κ3) is 5.29. The van der Waals surface area contributed by atoms with Crippen molar-refractivity contribution in [1.29, 1.82) is 0 Å². The molecule has 37 heavy (non-hydrogen) atoms. The van der Waals surface area contributed by atoms with Gasteiger partial charge in [0.2, 0.25) is 5.91 Å². The van der Waals surface area contributed by atoms with Gasteiger partial charge in [-0.15, -0.1) is 0 Å². The number of non-ortho nitro benzene ring substituents is 1. The standard InChI is InChI=1S/C27H27IN2O7/c1-34-22-11-16-8-9-29(26(31)13-18-12-23(35-2)25(37-4)15-21(18)28)27(20(16)14-24(22)36-3)17-6-5-7-19(10-17)30(32)33/h5-7,10-12,14-15,27H,8-9,13H2,1-4H3/t27-/m1/s1. The van der Waals surface area contributed by atoms with Crippen molar-refractivity contribution in [2.24, 2.45) is 0 Å². The topological polar surface area (TPSA) is 100 Å². The van der Waals surface area contributed by atoms with E-state index in [0.29, 0.717) is 41.5 Å². The second kappa shape index (κ2) is 11.2. The van der Waals surface area contributed by atoms with Crippen LogP contribution in [0, 0.1) is 13.7 Å². The van der Waals surface area contributed by atoms with Crippen LogP contribution in [0.4, 0.5) is 5.69 Å². The Morgan fingerprint density at radius 2 is 1.59 bits per heavy atom. The van der Waals surface area contributed by atoms with E-state index in [-0.39, 0.29) is 18.0 Å². The van der Waals surface area contributed by atoms with Crippen LogP contribution >= 0.6 is 22.6 Å². The van der Waals surface area contributed by atoms with Crippen LogP contribution in [0.3, 0.4) is 0 Å². The molecule has 1 aliphatic heterocycles. The molecule has 0 aromatic heterocycles. The molecule has 1 heterocycles. The number of fused-ring (bicyclic) bond motifs is 1. The predicted molar refractivity (Wildman–Crippen MR) is 146 cm³/mol. The van der Waals surface area contributed by atoms with Crippen LogP contribution in [0.2, 0.25) is 0 Å². The van der Waals surface area contributed by atoms with Gasteiger partial charge in [-0.2, -0.15) is 0 Å². The number of nitro benzene ring substituents is 1. The number of rotatable bonds is 8. The van der Waals surface area contributed by atoms with Crippen molar-refractivity contribution in [3.63, 3.8) is 0 Å². The number of halogens is 1. The summed E-state index contributed by atoms with van der Waals surface area (Å²) in [5.74, 6) is 2.15. The summed E-state index contributed by atoms with van der Waals surface area (Å²) in [5, 5.41) is 11.5. The quantitative estimate of drug-likeness (QED) is 0.200. The smallest absolute Gasteiger partial charge is 0.269 e. The molecule has 0 spiro atoms. The highest BCUT2D eigenvalue weighted by Crippen LogP contribution is 2.42. The molecule has 0 fully saturated rings. The summed E-state index contributed by atoms with van der Waals surface area (Å²) in [7, 11) is 6.25. The number of nitro groups is 1. The Hall–Kier alpha value is -3.54. The first-order chi connectivity index (χ1) is 17.8. The number of carbonyl (C=O) groups excluding carboxylic acids is 1. The van der Waals surface area contributed by atoms with E-state index in [2.05, 4.69) is 22.6 Å². The lowest BCUT2D eigenvalue weighted by Crippen LogP contribution is -2.41. The van der Waals surface area contributed by atoms with Crippen LogP contribution in [-0.4, -0.2) is 50.7 Å². The fourth-order valence-electron chi connectivity index (χ4n) is 4.68. The molecule has 0 N–H and O–H groups in total. The van der Waals surface area contributed by atoms with Crippen LogP contribution in [0.15, 0.2) is 48.5 Å². The maximum atomic E-state index is 13.8. The molecule has 3 aromatic carbocycles. The van der Waals surface area contributed by atoms with Gasteiger partial charge in [0, 0.05) is 22.2 Å². The Balaban J connectivity index is 1.79. The van der Waals surface area contributed by atoms with E-state index < -0.39 is 11.0 Å². The Morgan fingerprint density at radius 1 is 0.973 bits per heavy atom. The minimum Gasteiger partial charge on any atom is -0.493 e.